The quantitative estimate of drug-likeness (QED) is 0.450. The molecule has 5 atom stereocenters. The Balaban J connectivity index is 2.70. The molecule has 0 radical (unpaired) electrons. The van der Waals surface area contributed by atoms with E-state index >= 15 is 0 Å². The maximum Gasteiger partial charge on any atom is 0.184 e. The molecule has 15 heavy (non-hydrogen) atoms. The fraction of sp³-hybridized carbons (Fsp3) is 1.00. The Hall–Kier alpha value is -0.240. The Morgan fingerprint density at radius 1 is 1.20 bits per heavy atom. The predicted molar refractivity (Wildman–Crippen MR) is 50.0 cm³/mol. The average Bonchev–Trinajstić information content (AvgIpc) is 2.18. The lowest BCUT2D eigenvalue weighted by atomic mass is 9.99. The van der Waals surface area contributed by atoms with Gasteiger partial charge in [0.05, 0.1) is 12.7 Å². The molecule has 1 fully saturated rings. The van der Waals surface area contributed by atoms with E-state index in [-0.39, 0.29) is 6.10 Å². The molecule has 1 aliphatic rings. The van der Waals surface area contributed by atoms with Crippen LogP contribution in [0.3, 0.4) is 0 Å². The van der Waals surface area contributed by atoms with Gasteiger partial charge in [0.2, 0.25) is 0 Å². The van der Waals surface area contributed by atoms with E-state index < -0.39 is 37.3 Å². The van der Waals surface area contributed by atoms with Crippen molar-refractivity contribution in [1.29, 1.82) is 0 Å². The number of hydrogen-bond donors (Lipinski definition) is 4. The molecule has 0 saturated carbocycles. The van der Waals surface area contributed by atoms with Gasteiger partial charge in [-0.25, -0.2) is 0 Å². The highest BCUT2D eigenvalue weighted by molar-refractivity contribution is 4.89. The van der Waals surface area contributed by atoms with Crippen molar-refractivity contribution < 1.29 is 29.9 Å². The maximum atomic E-state index is 9.63. The summed E-state index contributed by atoms with van der Waals surface area (Å²) >= 11 is 0. The molecule has 90 valence electrons. The van der Waals surface area contributed by atoms with Crippen LogP contribution in [0, 0.1) is 0 Å². The van der Waals surface area contributed by atoms with Crippen molar-refractivity contribution >= 4 is 0 Å². The first kappa shape index (κ1) is 12.8. The summed E-state index contributed by atoms with van der Waals surface area (Å²) in [4.78, 5) is 0. The second-order valence-corrected chi connectivity index (χ2v) is 3.88. The van der Waals surface area contributed by atoms with Crippen LogP contribution in [0.2, 0.25) is 0 Å². The normalized spacial score (nSPS) is 42.2. The van der Waals surface area contributed by atoms with Gasteiger partial charge in [0.15, 0.2) is 6.29 Å². The third-order valence-electron chi connectivity index (χ3n) is 2.27. The van der Waals surface area contributed by atoms with Crippen LogP contribution < -0.4 is 0 Å². The lowest BCUT2D eigenvalue weighted by molar-refractivity contribution is -0.298. The first-order valence-corrected chi connectivity index (χ1v) is 4.93. The number of hydrogen-bond acceptors (Lipinski definition) is 6. The molecule has 0 amide bonds. The molecule has 1 rings (SSSR count). The van der Waals surface area contributed by atoms with E-state index in [2.05, 4.69) is 0 Å². The highest BCUT2D eigenvalue weighted by atomic mass is 16.7. The summed E-state index contributed by atoms with van der Waals surface area (Å²) in [7, 11) is 0. The molecular weight excluding hydrogens is 204 g/mol. The summed E-state index contributed by atoms with van der Waals surface area (Å²) in [5.41, 5.74) is 0. The molecular formula is C9H18O6. The first-order valence-electron chi connectivity index (χ1n) is 4.93. The van der Waals surface area contributed by atoms with Crippen molar-refractivity contribution in [3.8, 4) is 0 Å². The second-order valence-electron chi connectivity index (χ2n) is 3.88. The molecule has 0 unspecified atom stereocenters. The largest absolute Gasteiger partial charge is 0.394 e. The van der Waals surface area contributed by atoms with Crippen molar-refractivity contribution in [3.63, 3.8) is 0 Å². The van der Waals surface area contributed by atoms with Crippen molar-refractivity contribution in [2.24, 2.45) is 0 Å². The van der Waals surface area contributed by atoms with E-state index in [1.54, 1.807) is 13.8 Å². The Morgan fingerprint density at radius 3 is 2.27 bits per heavy atom. The topological polar surface area (TPSA) is 99.4 Å². The Morgan fingerprint density at radius 2 is 1.80 bits per heavy atom. The zero-order valence-corrected chi connectivity index (χ0v) is 8.78. The summed E-state index contributed by atoms with van der Waals surface area (Å²) in [6.45, 7) is 3.13. The highest BCUT2D eigenvalue weighted by Gasteiger charge is 2.44. The first-order chi connectivity index (χ1) is 6.97. The summed E-state index contributed by atoms with van der Waals surface area (Å²) in [6.07, 6.45) is -6.03. The zero-order chi connectivity index (χ0) is 11.6. The zero-order valence-electron chi connectivity index (χ0n) is 8.78. The second kappa shape index (κ2) is 5.20. The van der Waals surface area contributed by atoms with Gasteiger partial charge in [0, 0.05) is 0 Å². The minimum absolute atomic E-state index is 0.176. The van der Waals surface area contributed by atoms with Crippen LogP contribution in [0.1, 0.15) is 13.8 Å². The Labute approximate surface area is 88.1 Å². The molecule has 6 nitrogen and oxygen atoms in total. The van der Waals surface area contributed by atoms with E-state index in [0.29, 0.717) is 0 Å². The van der Waals surface area contributed by atoms with Gasteiger partial charge >= 0.3 is 0 Å². The van der Waals surface area contributed by atoms with Crippen LogP contribution in [-0.2, 0) is 9.47 Å². The van der Waals surface area contributed by atoms with Crippen LogP contribution in [0.4, 0.5) is 0 Å². The monoisotopic (exact) mass is 222 g/mol. The summed E-state index contributed by atoms with van der Waals surface area (Å²) in [5, 5.41) is 37.2. The molecule has 0 bridgehead atoms. The van der Waals surface area contributed by atoms with Gasteiger partial charge < -0.3 is 29.9 Å². The van der Waals surface area contributed by atoms with E-state index in [1.807, 2.05) is 0 Å². The summed E-state index contributed by atoms with van der Waals surface area (Å²) in [5.74, 6) is 0. The van der Waals surface area contributed by atoms with Gasteiger partial charge in [-0.2, -0.15) is 0 Å². The standard InChI is InChI=1S/C9H18O6/c1-4(2)14-8-5(3-10)15-9(13)7(12)6(8)11/h4-13H,3H2,1-2H3/t5-,6-,7+,8-,9+/m1/s1. The number of aliphatic hydroxyl groups excluding tert-OH is 4. The SMILES string of the molecule is CC(C)O[C@H]1[C@H](O)[C@H](O)[C@@H](O)O[C@@H]1CO. The molecule has 0 aromatic rings. The van der Waals surface area contributed by atoms with Gasteiger partial charge in [-0.05, 0) is 13.8 Å². The van der Waals surface area contributed by atoms with E-state index in [9.17, 15) is 15.3 Å². The minimum Gasteiger partial charge on any atom is -0.394 e. The van der Waals surface area contributed by atoms with Gasteiger partial charge in [0.1, 0.15) is 24.4 Å². The molecule has 0 aromatic carbocycles. The van der Waals surface area contributed by atoms with Gasteiger partial charge in [-0.15, -0.1) is 0 Å². The van der Waals surface area contributed by atoms with Gasteiger partial charge in [-0.3, -0.25) is 0 Å². The fourth-order valence-electron chi connectivity index (χ4n) is 1.55. The van der Waals surface area contributed by atoms with Crippen LogP contribution in [0.5, 0.6) is 0 Å². The third-order valence-corrected chi connectivity index (χ3v) is 2.27. The smallest absolute Gasteiger partial charge is 0.184 e. The molecule has 6 heteroatoms. The van der Waals surface area contributed by atoms with Crippen molar-refractivity contribution in [1.82, 2.24) is 0 Å². The predicted octanol–water partition coefficient (Wildman–Crippen LogP) is -1.79. The van der Waals surface area contributed by atoms with Crippen LogP contribution in [-0.4, -0.2) is 63.8 Å². The lowest BCUT2D eigenvalue weighted by Crippen LogP contribution is -2.59. The van der Waals surface area contributed by atoms with Crippen LogP contribution in [0.25, 0.3) is 0 Å². The maximum absolute atomic E-state index is 9.63. The molecule has 0 spiro atoms. The van der Waals surface area contributed by atoms with Gasteiger partial charge in [-0.1, -0.05) is 0 Å². The Kier molecular flexibility index (Phi) is 4.45. The summed E-state index contributed by atoms with van der Waals surface area (Å²) < 4.78 is 10.2. The highest BCUT2D eigenvalue weighted by Crippen LogP contribution is 2.23. The van der Waals surface area contributed by atoms with E-state index in [4.69, 9.17) is 14.6 Å². The molecule has 4 N–H and O–H groups in total. The van der Waals surface area contributed by atoms with Crippen molar-refractivity contribution in [3.05, 3.63) is 0 Å². The number of aliphatic hydroxyl groups is 4. The molecule has 0 aromatic heterocycles. The van der Waals surface area contributed by atoms with Crippen molar-refractivity contribution in [2.75, 3.05) is 6.61 Å². The molecule has 1 heterocycles. The minimum atomic E-state index is -1.50. The van der Waals surface area contributed by atoms with Crippen LogP contribution >= 0.6 is 0 Å². The number of rotatable bonds is 3. The molecule has 1 aliphatic heterocycles. The van der Waals surface area contributed by atoms with E-state index in [1.165, 1.54) is 0 Å². The third kappa shape index (κ3) is 2.87. The lowest BCUT2D eigenvalue weighted by Gasteiger charge is -2.40. The Bertz CT molecular complexity index is 195. The number of ether oxygens (including phenoxy) is 2. The summed E-state index contributed by atoms with van der Waals surface area (Å²) in [6, 6.07) is 0. The molecule has 0 aliphatic carbocycles. The van der Waals surface area contributed by atoms with Crippen LogP contribution in [0.15, 0.2) is 0 Å². The van der Waals surface area contributed by atoms with Gasteiger partial charge in [0.25, 0.3) is 0 Å². The molecule has 1 saturated heterocycles. The average molecular weight is 222 g/mol. The van der Waals surface area contributed by atoms with Crippen molar-refractivity contribution in [2.45, 2.75) is 50.7 Å². The fourth-order valence-corrected chi connectivity index (χ4v) is 1.55. The van der Waals surface area contributed by atoms with E-state index in [0.717, 1.165) is 0 Å².